The molecule has 4 amide bonds. The number of hydrogen-bond acceptors (Lipinski definition) is 8. The lowest BCUT2D eigenvalue weighted by molar-refractivity contribution is -0.108. The van der Waals surface area contributed by atoms with Crippen LogP contribution in [0, 0.1) is 5.82 Å². The number of methoxy groups -OCH3 is 1. The predicted octanol–water partition coefficient (Wildman–Crippen LogP) is 3.26. The quantitative estimate of drug-likeness (QED) is 0.331. The highest BCUT2D eigenvalue weighted by Crippen LogP contribution is 2.33. The molecule has 12 heteroatoms. The van der Waals surface area contributed by atoms with E-state index in [0.29, 0.717) is 28.1 Å². The molecule has 0 bridgehead atoms. The second kappa shape index (κ2) is 10.4. The minimum absolute atomic E-state index is 0.0327. The van der Waals surface area contributed by atoms with E-state index in [9.17, 15) is 18.8 Å². The van der Waals surface area contributed by atoms with Crippen molar-refractivity contribution in [1.82, 2.24) is 25.5 Å². The fourth-order valence-corrected chi connectivity index (χ4v) is 4.46. The molecule has 4 aromatic rings. The maximum atomic E-state index is 14.8. The number of furan rings is 1. The first kappa shape index (κ1) is 25.6. The molecule has 0 radical (unpaired) electrons. The molecule has 11 nitrogen and oxygen atoms in total. The summed E-state index contributed by atoms with van der Waals surface area (Å²) in [4.78, 5) is 48.6. The van der Waals surface area contributed by atoms with Gasteiger partial charge in [-0.25, -0.2) is 19.2 Å². The van der Waals surface area contributed by atoms with Crippen LogP contribution in [0.15, 0.2) is 53.1 Å². The number of carbonyl (C=O) groups excluding carboxylic acids is 3. The van der Waals surface area contributed by atoms with Crippen molar-refractivity contribution in [3.63, 3.8) is 0 Å². The van der Waals surface area contributed by atoms with Gasteiger partial charge >= 0.3 is 6.03 Å². The van der Waals surface area contributed by atoms with Crippen molar-refractivity contribution in [2.75, 3.05) is 32.6 Å². The number of halogens is 1. The van der Waals surface area contributed by atoms with Gasteiger partial charge in [0.2, 0.25) is 6.41 Å². The number of hydrogen-bond donors (Lipinski definition) is 2. The fraction of sp³-hybridized carbons (Fsp3) is 0.222. The van der Waals surface area contributed by atoms with Crippen LogP contribution in [0.1, 0.15) is 27.7 Å². The van der Waals surface area contributed by atoms with Gasteiger partial charge in [-0.15, -0.1) is 0 Å². The lowest BCUT2D eigenvalue weighted by Crippen LogP contribution is -2.42. The second-order valence-corrected chi connectivity index (χ2v) is 9.12. The highest BCUT2D eigenvalue weighted by molar-refractivity contribution is 5.99. The molecule has 0 aliphatic carbocycles. The van der Waals surface area contributed by atoms with Gasteiger partial charge in [-0.05, 0) is 35.9 Å². The molecule has 0 spiro atoms. The first-order valence-electron chi connectivity index (χ1n) is 12.0. The number of benzene rings is 1. The third-order valence-corrected chi connectivity index (χ3v) is 6.41. The molecular formula is C27H25FN6O5. The number of nitrogens with one attached hydrogen (secondary N) is 2. The Morgan fingerprint density at radius 3 is 2.77 bits per heavy atom. The lowest BCUT2D eigenvalue weighted by atomic mass is 10.1. The van der Waals surface area contributed by atoms with Crippen molar-refractivity contribution in [2.24, 2.45) is 0 Å². The summed E-state index contributed by atoms with van der Waals surface area (Å²) in [7, 11) is 5.13. The molecule has 39 heavy (non-hydrogen) atoms. The summed E-state index contributed by atoms with van der Waals surface area (Å²) in [6.45, 7) is 0.0747. The van der Waals surface area contributed by atoms with E-state index in [2.05, 4.69) is 15.3 Å². The van der Waals surface area contributed by atoms with Crippen molar-refractivity contribution in [3.8, 4) is 17.0 Å². The minimum atomic E-state index is -0.869. The van der Waals surface area contributed by atoms with Crippen LogP contribution in [0.3, 0.4) is 0 Å². The van der Waals surface area contributed by atoms with E-state index in [0.717, 1.165) is 11.4 Å². The Balaban J connectivity index is 1.44. The van der Waals surface area contributed by atoms with Gasteiger partial charge in [0.1, 0.15) is 23.1 Å². The number of amides is 4. The number of fused-ring (bicyclic) bond motifs is 2. The summed E-state index contributed by atoms with van der Waals surface area (Å²) in [5.41, 5.74) is 2.89. The molecule has 3 aromatic heterocycles. The van der Waals surface area contributed by atoms with Gasteiger partial charge in [-0.1, -0.05) is 6.07 Å². The molecule has 1 aliphatic rings. The Morgan fingerprint density at radius 2 is 2.08 bits per heavy atom. The third-order valence-electron chi connectivity index (χ3n) is 6.41. The number of nitrogens with zero attached hydrogens (tertiary/aromatic N) is 4. The predicted molar refractivity (Wildman–Crippen MR) is 140 cm³/mol. The first-order chi connectivity index (χ1) is 18.8. The van der Waals surface area contributed by atoms with E-state index < -0.39 is 23.8 Å². The zero-order valence-corrected chi connectivity index (χ0v) is 21.4. The van der Waals surface area contributed by atoms with Crippen LogP contribution in [-0.4, -0.2) is 61.0 Å². The summed E-state index contributed by atoms with van der Waals surface area (Å²) in [5, 5.41) is 4.66. The van der Waals surface area contributed by atoms with E-state index in [-0.39, 0.29) is 30.8 Å². The second-order valence-electron chi connectivity index (χ2n) is 9.12. The van der Waals surface area contributed by atoms with Gasteiger partial charge in [0, 0.05) is 45.0 Å². The molecule has 2 N–H and O–H groups in total. The Kier molecular flexibility index (Phi) is 6.84. The summed E-state index contributed by atoms with van der Waals surface area (Å²) in [6.07, 6.45) is 1.97. The van der Waals surface area contributed by atoms with Crippen molar-refractivity contribution < 1.29 is 27.9 Å². The average Bonchev–Trinajstić information content (AvgIpc) is 3.49. The number of carbonyl (C=O) groups is 3. The molecule has 5 rings (SSSR count). The molecule has 1 aromatic carbocycles. The molecule has 4 heterocycles. The molecule has 0 saturated heterocycles. The lowest BCUT2D eigenvalue weighted by Gasteiger charge is -2.23. The Morgan fingerprint density at radius 1 is 1.26 bits per heavy atom. The summed E-state index contributed by atoms with van der Waals surface area (Å²) in [6, 6.07) is 10.4. The van der Waals surface area contributed by atoms with Crippen LogP contribution in [0.2, 0.25) is 0 Å². The van der Waals surface area contributed by atoms with Gasteiger partial charge in [-0.3, -0.25) is 14.9 Å². The first-order valence-corrected chi connectivity index (χ1v) is 12.0. The molecule has 0 fully saturated rings. The minimum Gasteiger partial charge on any atom is -0.494 e. The van der Waals surface area contributed by atoms with Gasteiger partial charge in [0.15, 0.2) is 17.1 Å². The van der Waals surface area contributed by atoms with Gasteiger partial charge in [0.05, 0.1) is 18.4 Å². The number of anilines is 1. The molecule has 1 aliphatic heterocycles. The van der Waals surface area contributed by atoms with Crippen LogP contribution in [-0.2, 0) is 11.3 Å². The number of imide groups is 1. The summed E-state index contributed by atoms with van der Waals surface area (Å²) >= 11 is 0. The molecular weight excluding hydrogens is 507 g/mol. The highest BCUT2D eigenvalue weighted by Gasteiger charge is 2.35. The fourth-order valence-electron chi connectivity index (χ4n) is 4.46. The molecule has 1 atom stereocenters. The topological polar surface area (TPSA) is 130 Å². The maximum Gasteiger partial charge on any atom is 0.321 e. The highest BCUT2D eigenvalue weighted by atomic mass is 19.1. The van der Waals surface area contributed by atoms with Crippen molar-refractivity contribution >= 4 is 35.3 Å². The number of pyridine rings is 2. The van der Waals surface area contributed by atoms with Gasteiger partial charge < -0.3 is 24.3 Å². The van der Waals surface area contributed by atoms with Crippen molar-refractivity contribution in [2.45, 2.75) is 12.6 Å². The average molecular weight is 533 g/mol. The molecule has 0 unspecified atom stereocenters. The van der Waals surface area contributed by atoms with E-state index in [1.807, 2.05) is 36.4 Å². The smallest absolute Gasteiger partial charge is 0.321 e. The van der Waals surface area contributed by atoms with Crippen LogP contribution >= 0.6 is 0 Å². The van der Waals surface area contributed by atoms with E-state index >= 15 is 0 Å². The summed E-state index contributed by atoms with van der Waals surface area (Å²) in [5.74, 6) is -0.202. The molecule has 200 valence electrons. The van der Waals surface area contributed by atoms with Crippen molar-refractivity contribution in [1.29, 1.82) is 0 Å². The molecule has 0 saturated carbocycles. The largest absolute Gasteiger partial charge is 0.494 e. The van der Waals surface area contributed by atoms with Crippen LogP contribution < -0.4 is 20.3 Å². The van der Waals surface area contributed by atoms with Crippen molar-refractivity contribution in [3.05, 3.63) is 71.4 Å². The van der Waals surface area contributed by atoms with Gasteiger partial charge in [-0.2, -0.15) is 0 Å². The number of rotatable bonds is 8. The van der Waals surface area contributed by atoms with E-state index in [4.69, 9.17) is 9.15 Å². The zero-order chi connectivity index (χ0) is 27.7. The Labute approximate surface area is 222 Å². The van der Waals surface area contributed by atoms with Crippen LogP contribution in [0.5, 0.6) is 5.75 Å². The Hall–Kier alpha value is -5.00. The zero-order valence-electron chi connectivity index (χ0n) is 21.4. The number of aromatic nitrogens is 2. The van der Waals surface area contributed by atoms with Crippen LogP contribution in [0.4, 0.5) is 15.0 Å². The standard InChI is InChI=1S/C27H25FN6O5/c1-33(2)23-9-5-15(11-29-23)17-6-8-20-18(31-17)10-22(39-20)19(32-27(37)30-14-35)13-34-12-16-4-7-21(38-3)25(28)24(16)26(34)36/h4-11,14,19H,12-13H2,1-3H3,(H2,30,32,35,37)/t19-/m0/s1. The van der Waals surface area contributed by atoms with Crippen LogP contribution in [0.25, 0.3) is 22.4 Å². The Bertz CT molecular complexity index is 1570. The maximum absolute atomic E-state index is 14.8. The number of ether oxygens (including phenoxy) is 1. The normalized spacial score (nSPS) is 13.2. The third kappa shape index (κ3) is 4.96. The van der Waals surface area contributed by atoms with E-state index in [1.54, 1.807) is 30.5 Å². The van der Waals surface area contributed by atoms with E-state index in [1.165, 1.54) is 18.1 Å². The summed E-state index contributed by atoms with van der Waals surface area (Å²) < 4.78 is 25.8. The van der Waals surface area contributed by atoms with Gasteiger partial charge in [0.25, 0.3) is 5.91 Å². The SMILES string of the molecule is COc1ccc2c(c1F)C(=O)N(C[C@H](NC(=O)NC=O)c1cc3nc(-c4ccc(N(C)C)nc4)ccc3o1)C2. The monoisotopic (exact) mass is 532 g/mol. The number of urea groups is 1.